The van der Waals surface area contributed by atoms with Crippen molar-refractivity contribution < 1.29 is 9.59 Å². The Balaban J connectivity index is 1.50. The van der Waals surface area contributed by atoms with Crippen molar-refractivity contribution in [3.63, 3.8) is 0 Å². The molecule has 0 fully saturated rings. The van der Waals surface area contributed by atoms with E-state index in [9.17, 15) is 9.59 Å². The predicted octanol–water partition coefficient (Wildman–Crippen LogP) is 4.77. The van der Waals surface area contributed by atoms with Crippen molar-refractivity contribution in [3.05, 3.63) is 81.5 Å². The van der Waals surface area contributed by atoms with Gasteiger partial charge in [0.2, 0.25) is 0 Å². The molecule has 136 valence electrons. The number of fused-ring (bicyclic) bond motifs is 1. The van der Waals surface area contributed by atoms with Crippen LogP contribution in [0.2, 0.25) is 0 Å². The molecule has 1 aliphatic heterocycles. The van der Waals surface area contributed by atoms with Crippen molar-refractivity contribution in [2.75, 3.05) is 16.8 Å². The molecule has 2 amide bonds. The van der Waals surface area contributed by atoms with E-state index in [0.29, 0.717) is 12.1 Å². The average Bonchev–Trinajstić information content (AvgIpc) is 3.37. The van der Waals surface area contributed by atoms with Gasteiger partial charge in [-0.1, -0.05) is 25.1 Å². The van der Waals surface area contributed by atoms with Gasteiger partial charge in [-0.2, -0.15) is 0 Å². The fraction of sp³-hybridized carbons (Fsp3) is 0.182. The van der Waals surface area contributed by atoms with Gasteiger partial charge in [-0.3, -0.25) is 9.59 Å². The van der Waals surface area contributed by atoms with Crippen LogP contribution in [0.25, 0.3) is 0 Å². The van der Waals surface area contributed by atoms with E-state index in [2.05, 4.69) is 12.2 Å². The van der Waals surface area contributed by atoms with Gasteiger partial charge >= 0.3 is 0 Å². The SMILES string of the molecule is CCc1ccc(C(=O)Nc2ccc3c(c2)CCN3C(=O)c2cccs2)cc1. The molecular formula is C22H20N2O2S. The first kappa shape index (κ1) is 17.5. The van der Waals surface area contributed by atoms with Gasteiger partial charge in [-0.25, -0.2) is 0 Å². The van der Waals surface area contributed by atoms with Crippen molar-refractivity contribution in [2.24, 2.45) is 0 Å². The molecule has 3 aromatic rings. The first-order valence-corrected chi connectivity index (χ1v) is 9.92. The van der Waals surface area contributed by atoms with Crippen LogP contribution in [-0.4, -0.2) is 18.4 Å². The Morgan fingerprint density at radius 2 is 1.93 bits per heavy atom. The van der Waals surface area contributed by atoms with Gasteiger partial charge in [0, 0.05) is 23.5 Å². The maximum absolute atomic E-state index is 12.6. The smallest absolute Gasteiger partial charge is 0.268 e. The number of carbonyl (C=O) groups excluding carboxylic acids is 2. The van der Waals surface area contributed by atoms with Crippen LogP contribution in [0.3, 0.4) is 0 Å². The topological polar surface area (TPSA) is 49.4 Å². The summed E-state index contributed by atoms with van der Waals surface area (Å²) < 4.78 is 0. The van der Waals surface area contributed by atoms with Crippen LogP contribution < -0.4 is 10.2 Å². The number of aryl methyl sites for hydroxylation is 1. The summed E-state index contributed by atoms with van der Waals surface area (Å²) in [5.74, 6) is -0.0846. The molecule has 4 rings (SSSR count). The lowest BCUT2D eigenvalue weighted by molar-refractivity contribution is 0.0991. The summed E-state index contributed by atoms with van der Waals surface area (Å²) in [5, 5.41) is 4.87. The molecular weight excluding hydrogens is 356 g/mol. The largest absolute Gasteiger partial charge is 0.322 e. The highest BCUT2D eigenvalue weighted by Crippen LogP contribution is 2.32. The second-order valence-electron chi connectivity index (χ2n) is 6.53. The summed E-state index contributed by atoms with van der Waals surface area (Å²) in [4.78, 5) is 27.7. The number of amides is 2. The minimum absolute atomic E-state index is 0.0385. The first-order chi connectivity index (χ1) is 13.2. The van der Waals surface area contributed by atoms with Gasteiger partial charge in [0.05, 0.1) is 4.88 Å². The van der Waals surface area contributed by atoms with Crippen LogP contribution >= 0.6 is 11.3 Å². The third-order valence-electron chi connectivity index (χ3n) is 4.83. The highest BCUT2D eigenvalue weighted by Gasteiger charge is 2.26. The Morgan fingerprint density at radius 3 is 2.63 bits per heavy atom. The van der Waals surface area contributed by atoms with E-state index in [4.69, 9.17) is 0 Å². The van der Waals surface area contributed by atoms with Crippen LogP contribution in [0.1, 0.15) is 38.1 Å². The van der Waals surface area contributed by atoms with Crippen molar-refractivity contribution in [2.45, 2.75) is 19.8 Å². The molecule has 0 aliphatic carbocycles. The summed E-state index contributed by atoms with van der Waals surface area (Å²) in [6.45, 7) is 2.76. The standard InChI is InChI=1S/C22H20N2O2S/c1-2-15-5-7-16(8-6-15)21(25)23-18-9-10-19-17(14-18)11-12-24(19)22(26)20-4-3-13-27-20/h3-10,13-14H,2,11-12H2,1H3,(H,23,25). The highest BCUT2D eigenvalue weighted by molar-refractivity contribution is 7.12. The predicted molar refractivity (Wildman–Crippen MR) is 110 cm³/mol. The summed E-state index contributed by atoms with van der Waals surface area (Å²) in [6.07, 6.45) is 1.74. The Hall–Kier alpha value is -2.92. The van der Waals surface area contributed by atoms with E-state index in [1.165, 1.54) is 16.9 Å². The molecule has 0 spiro atoms. The fourth-order valence-electron chi connectivity index (χ4n) is 3.32. The Labute approximate surface area is 162 Å². The number of carbonyl (C=O) groups is 2. The fourth-order valence-corrected chi connectivity index (χ4v) is 3.99. The molecule has 0 saturated heterocycles. The van der Waals surface area contributed by atoms with Gasteiger partial charge in [0.25, 0.3) is 11.8 Å². The number of anilines is 2. The zero-order chi connectivity index (χ0) is 18.8. The molecule has 0 radical (unpaired) electrons. The lowest BCUT2D eigenvalue weighted by atomic mass is 10.1. The number of hydrogen-bond acceptors (Lipinski definition) is 3. The van der Waals surface area contributed by atoms with Gasteiger partial charge < -0.3 is 10.2 Å². The van der Waals surface area contributed by atoms with Crippen LogP contribution in [0.5, 0.6) is 0 Å². The molecule has 0 saturated carbocycles. The zero-order valence-electron chi connectivity index (χ0n) is 15.1. The molecule has 4 nitrogen and oxygen atoms in total. The van der Waals surface area contributed by atoms with Crippen molar-refractivity contribution in [1.29, 1.82) is 0 Å². The van der Waals surface area contributed by atoms with Crippen LogP contribution in [0.4, 0.5) is 11.4 Å². The van der Waals surface area contributed by atoms with Crippen molar-refractivity contribution in [1.82, 2.24) is 0 Å². The Morgan fingerprint density at radius 1 is 1.11 bits per heavy atom. The minimum Gasteiger partial charge on any atom is -0.322 e. The van der Waals surface area contributed by atoms with Gasteiger partial charge in [0.15, 0.2) is 0 Å². The summed E-state index contributed by atoms with van der Waals surface area (Å²) in [7, 11) is 0. The van der Waals surface area contributed by atoms with E-state index in [0.717, 1.165) is 34.7 Å². The first-order valence-electron chi connectivity index (χ1n) is 9.04. The van der Waals surface area contributed by atoms with Crippen LogP contribution in [-0.2, 0) is 12.8 Å². The van der Waals surface area contributed by atoms with Crippen molar-refractivity contribution in [3.8, 4) is 0 Å². The normalized spacial score (nSPS) is 12.7. The molecule has 27 heavy (non-hydrogen) atoms. The third kappa shape index (κ3) is 3.51. The average molecular weight is 376 g/mol. The minimum atomic E-state index is -0.123. The molecule has 1 N–H and O–H groups in total. The highest BCUT2D eigenvalue weighted by atomic mass is 32.1. The number of thiophene rings is 1. The quantitative estimate of drug-likeness (QED) is 0.713. The number of nitrogens with one attached hydrogen (secondary N) is 1. The number of hydrogen-bond donors (Lipinski definition) is 1. The summed E-state index contributed by atoms with van der Waals surface area (Å²) >= 11 is 1.46. The van der Waals surface area contributed by atoms with Gasteiger partial charge in [-0.05, 0) is 65.7 Å². The molecule has 1 aliphatic rings. The summed E-state index contributed by atoms with van der Waals surface area (Å²) in [5.41, 5.74) is 4.61. The van der Waals surface area contributed by atoms with E-state index in [1.807, 2.05) is 64.9 Å². The molecule has 2 aromatic carbocycles. The van der Waals surface area contributed by atoms with E-state index < -0.39 is 0 Å². The van der Waals surface area contributed by atoms with Crippen LogP contribution in [0, 0.1) is 0 Å². The molecule has 1 aromatic heterocycles. The number of nitrogens with zero attached hydrogens (tertiary/aromatic N) is 1. The maximum atomic E-state index is 12.6. The summed E-state index contributed by atoms with van der Waals surface area (Å²) in [6, 6.07) is 17.1. The zero-order valence-corrected chi connectivity index (χ0v) is 15.9. The van der Waals surface area contributed by atoms with E-state index in [-0.39, 0.29) is 11.8 Å². The van der Waals surface area contributed by atoms with Gasteiger partial charge in [-0.15, -0.1) is 11.3 Å². The molecule has 5 heteroatoms. The molecule has 0 atom stereocenters. The lowest BCUT2D eigenvalue weighted by Crippen LogP contribution is -2.28. The Kier molecular flexibility index (Phi) is 4.77. The molecule has 0 unspecified atom stereocenters. The third-order valence-corrected chi connectivity index (χ3v) is 5.69. The lowest BCUT2D eigenvalue weighted by Gasteiger charge is -2.16. The van der Waals surface area contributed by atoms with E-state index >= 15 is 0 Å². The van der Waals surface area contributed by atoms with Gasteiger partial charge in [0.1, 0.15) is 0 Å². The second-order valence-corrected chi connectivity index (χ2v) is 7.48. The Bertz CT molecular complexity index is 978. The van der Waals surface area contributed by atoms with E-state index in [1.54, 1.807) is 0 Å². The maximum Gasteiger partial charge on any atom is 0.268 e. The number of rotatable bonds is 4. The monoisotopic (exact) mass is 376 g/mol. The van der Waals surface area contributed by atoms with Crippen LogP contribution in [0.15, 0.2) is 60.0 Å². The molecule has 0 bridgehead atoms. The second kappa shape index (κ2) is 7.37. The molecule has 2 heterocycles. The number of benzene rings is 2. The van der Waals surface area contributed by atoms with Crippen molar-refractivity contribution >= 4 is 34.5 Å².